The zero-order chi connectivity index (χ0) is 18.9. The van der Waals surface area contributed by atoms with Crippen molar-refractivity contribution < 1.29 is 13.2 Å². The average molecular weight is 368 g/mol. The lowest BCUT2D eigenvalue weighted by atomic mass is 9.87. The van der Waals surface area contributed by atoms with Crippen molar-refractivity contribution in [1.82, 2.24) is 9.71 Å². The first kappa shape index (κ1) is 18.1. The number of rotatable bonds is 3. The summed E-state index contributed by atoms with van der Waals surface area (Å²) in [4.78, 5) is 16.5. The van der Waals surface area contributed by atoms with Gasteiger partial charge in [-0.15, -0.1) is 0 Å². The molecule has 3 aromatic rings. The maximum Gasteiger partial charge on any atom is 0.264 e. The Hall–Kier alpha value is -2.73. The normalized spacial score (nSPS) is 12.1. The summed E-state index contributed by atoms with van der Waals surface area (Å²) in [6, 6.07) is 13.4. The Kier molecular flexibility index (Phi) is 4.54. The molecule has 3 rings (SSSR count). The minimum absolute atomic E-state index is 0.0436. The Bertz CT molecular complexity index is 1060. The summed E-state index contributed by atoms with van der Waals surface area (Å²) in [5, 5.41) is 1.21. The van der Waals surface area contributed by atoms with E-state index in [1.165, 1.54) is 12.3 Å². The number of aromatic nitrogens is 1. The van der Waals surface area contributed by atoms with Crippen LogP contribution >= 0.6 is 0 Å². The molecule has 0 bridgehead atoms. The Morgan fingerprint density at radius 3 is 2.35 bits per heavy atom. The Morgan fingerprint density at radius 2 is 1.69 bits per heavy atom. The van der Waals surface area contributed by atoms with Gasteiger partial charge >= 0.3 is 0 Å². The number of nitrogens with zero attached hydrogens (tertiary/aromatic N) is 1. The molecule has 0 atom stereocenters. The number of benzene rings is 2. The van der Waals surface area contributed by atoms with Crippen LogP contribution in [0.25, 0.3) is 10.8 Å². The molecule has 0 saturated carbocycles. The van der Waals surface area contributed by atoms with E-state index >= 15 is 0 Å². The van der Waals surface area contributed by atoms with E-state index in [0.29, 0.717) is 16.3 Å². The van der Waals surface area contributed by atoms with Crippen molar-refractivity contribution in [3.05, 3.63) is 72.1 Å². The summed E-state index contributed by atoms with van der Waals surface area (Å²) in [5.74, 6) is -0.656. The smallest absolute Gasteiger partial charge is 0.264 e. The minimum Gasteiger partial charge on any atom is -0.268 e. The number of carbonyl (C=O) groups excluding carboxylic acids is 1. The maximum atomic E-state index is 12.7. The molecule has 1 amide bonds. The zero-order valence-corrected chi connectivity index (χ0v) is 15.7. The van der Waals surface area contributed by atoms with E-state index < -0.39 is 15.9 Å². The molecule has 0 fully saturated rings. The summed E-state index contributed by atoms with van der Waals surface area (Å²) < 4.78 is 27.6. The van der Waals surface area contributed by atoms with Gasteiger partial charge in [0.2, 0.25) is 0 Å². The predicted octanol–water partition coefficient (Wildman–Crippen LogP) is 3.65. The number of pyridine rings is 1. The number of hydrogen-bond acceptors (Lipinski definition) is 4. The SMILES string of the molecule is CC(C)(C)c1ccc(C(=O)NS(=O)(=O)c2cccc3cnccc23)cc1. The van der Waals surface area contributed by atoms with Crippen LogP contribution in [-0.4, -0.2) is 19.3 Å². The first-order valence-corrected chi connectivity index (χ1v) is 9.67. The van der Waals surface area contributed by atoms with Gasteiger partial charge in [0, 0.05) is 28.7 Å². The number of carbonyl (C=O) groups is 1. The molecule has 1 heterocycles. The second-order valence-electron chi connectivity index (χ2n) is 7.11. The number of nitrogens with one attached hydrogen (secondary N) is 1. The zero-order valence-electron chi connectivity index (χ0n) is 14.9. The monoisotopic (exact) mass is 368 g/mol. The highest BCUT2D eigenvalue weighted by atomic mass is 32.2. The van der Waals surface area contributed by atoms with Crippen molar-refractivity contribution in [1.29, 1.82) is 0 Å². The molecular weight excluding hydrogens is 348 g/mol. The van der Waals surface area contributed by atoms with Gasteiger partial charge in [-0.2, -0.15) is 0 Å². The average Bonchev–Trinajstić information content (AvgIpc) is 2.60. The third kappa shape index (κ3) is 3.60. The fraction of sp³-hybridized carbons (Fsp3) is 0.200. The lowest BCUT2D eigenvalue weighted by molar-refractivity contribution is 0.0981. The second kappa shape index (κ2) is 6.53. The van der Waals surface area contributed by atoms with Gasteiger partial charge in [-0.25, -0.2) is 13.1 Å². The fourth-order valence-electron chi connectivity index (χ4n) is 2.68. The van der Waals surface area contributed by atoms with Crippen LogP contribution in [0.4, 0.5) is 0 Å². The quantitative estimate of drug-likeness (QED) is 0.766. The summed E-state index contributed by atoms with van der Waals surface area (Å²) >= 11 is 0. The van der Waals surface area contributed by atoms with Gasteiger partial charge in [-0.1, -0.05) is 45.0 Å². The second-order valence-corrected chi connectivity index (χ2v) is 8.77. The van der Waals surface area contributed by atoms with Gasteiger partial charge in [0.15, 0.2) is 0 Å². The van der Waals surface area contributed by atoms with Crippen LogP contribution in [0.5, 0.6) is 0 Å². The third-order valence-corrected chi connectivity index (χ3v) is 5.56. The molecule has 0 aliphatic carbocycles. The molecule has 1 aromatic heterocycles. The fourth-order valence-corrected chi connectivity index (χ4v) is 3.89. The Morgan fingerprint density at radius 1 is 1.00 bits per heavy atom. The van der Waals surface area contributed by atoms with Crippen LogP contribution in [0.15, 0.2) is 65.8 Å². The van der Waals surface area contributed by atoms with Crippen LogP contribution in [0.2, 0.25) is 0 Å². The Labute approximate surface area is 153 Å². The summed E-state index contributed by atoms with van der Waals surface area (Å²) in [7, 11) is -4.00. The molecular formula is C20H20N2O3S. The van der Waals surface area contributed by atoms with E-state index in [4.69, 9.17) is 0 Å². The summed E-state index contributed by atoms with van der Waals surface area (Å²) in [6.07, 6.45) is 3.11. The number of fused-ring (bicyclic) bond motifs is 1. The number of amides is 1. The molecule has 5 nitrogen and oxygen atoms in total. The van der Waals surface area contributed by atoms with Gasteiger partial charge in [-0.05, 0) is 35.2 Å². The van der Waals surface area contributed by atoms with Crippen molar-refractivity contribution in [2.75, 3.05) is 0 Å². The predicted molar refractivity (Wildman–Crippen MR) is 102 cm³/mol. The van der Waals surface area contributed by atoms with E-state index in [0.717, 1.165) is 5.56 Å². The highest BCUT2D eigenvalue weighted by Crippen LogP contribution is 2.24. The maximum absolute atomic E-state index is 12.7. The Balaban J connectivity index is 1.90. The molecule has 0 aliphatic rings. The van der Waals surface area contributed by atoms with E-state index in [-0.39, 0.29) is 10.3 Å². The van der Waals surface area contributed by atoms with Crippen molar-refractivity contribution in [2.24, 2.45) is 0 Å². The van der Waals surface area contributed by atoms with E-state index in [9.17, 15) is 13.2 Å². The largest absolute Gasteiger partial charge is 0.268 e. The molecule has 26 heavy (non-hydrogen) atoms. The third-order valence-electron chi connectivity index (χ3n) is 4.17. The first-order valence-electron chi connectivity index (χ1n) is 8.19. The molecule has 0 saturated heterocycles. The van der Waals surface area contributed by atoms with Crippen LogP contribution in [0.1, 0.15) is 36.7 Å². The first-order chi connectivity index (χ1) is 12.2. The standard InChI is InChI=1S/C20H20N2O3S/c1-20(2,3)16-9-7-14(8-10-16)19(23)22-26(24,25)18-6-4-5-15-13-21-12-11-17(15)18/h4-13H,1-3H3,(H,22,23). The molecule has 0 unspecified atom stereocenters. The molecule has 0 aliphatic heterocycles. The lowest BCUT2D eigenvalue weighted by Gasteiger charge is -2.19. The minimum atomic E-state index is -4.00. The molecule has 0 spiro atoms. The van der Waals surface area contributed by atoms with Crippen LogP contribution in [0.3, 0.4) is 0 Å². The van der Waals surface area contributed by atoms with Gasteiger partial charge in [0.25, 0.3) is 15.9 Å². The highest BCUT2D eigenvalue weighted by Gasteiger charge is 2.21. The van der Waals surface area contributed by atoms with E-state index in [1.807, 2.05) is 12.1 Å². The van der Waals surface area contributed by atoms with Crippen LogP contribution < -0.4 is 4.72 Å². The summed E-state index contributed by atoms with van der Waals surface area (Å²) in [6.45, 7) is 6.21. The summed E-state index contributed by atoms with van der Waals surface area (Å²) in [5.41, 5.74) is 1.32. The molecule has 6 heteroatoms. The van der Waals surface area contributed by atoms with Crippen molar-refractivity contribution in [3.8, 4) is 0 Å². The van der Waals surface area contributed by atoms with Crippen molar-refractivity contribution in [3.63, 3.8) is 0 Å². The molecule has 134 valence electrons. The topological polar surface area (TPSA) is 76.1 Å². The molecule has 2 aromatic carbocycles. The van der Waals surface area contributed by atoms with Gasteiger partial charge in [0.05, 0.1) is 4.90 Å². The van der Waals surface area contributed by atoms with E-state index in [2.05, 4.69) is 30.5 Å². The van der Waals surface area contributed by atoms with Gasteiger partial charge in [0.1, 0.15) is 0 Å². The lowest BCUT2D eigenvalue weighted by Crippen LogP contribution is -2.30. The molecule has 0 radical (unpaired) electrons. The highest BCUT2D eigenvalue weighted by molar-refractivity contribution is 7.90. The van der Waals surface area contributed by atoms with E-state index in [1.54, 1.807) is 36.5 Å². The van der Waals surface area contributed by atoms with Crippen LogP contribution in [0, 0.1) is 0 Å². The van der Waals surface area contributed by atoms with Crippen LogP contribution in [-0.2, 0) is 15.4 Å². The number of sulfonamides is 1. The number of hydrogen-bond donors (Lipinski definition) is 1. The van der Waals surface area contributed by atoms with Gasteiger partial charge in [-0.3, -0.25) is 9.78 Å². The van der Waals surface area contributed by atoms with Crippen molar-refractivity contribution >= 4 is 26.7 Å². The van der Waals surface area contributed by atoms with Gasteiger partial charge < -0.3 is 0 Å². The van der Waals surface area contributed by atoms with Crippen molar-refractivity contribution in [2.45, 2.75) is 31.1 Å². The molecule has 1 N–H and O–H groups in total.